The number of fused-ring (bicyclic) bond motifs is 1. The van der Waals surface area contributed by atoms with Gasteiger partial charge in [0.05, 0.1) is 23.9 Å². The molecule has 1 saturated carbocycles. The first-order chi connectivity index (χ1) is 12.4. The molecular formula is C19H22N2O5. The Morgan fingerprint density at radius 3 is 2.50 bits per heavy atom. The summed E-state index contributed by atoms with van der Waals surface area (Å²) in [5, 5.41) is 0.401. The molecule has 1 fully saturated rings. The molecule has 0 bridgehead atoms. The lowest BCUT2D eigenvalue weighted by Gasteiger charge is -2.27. The van der Waals surface area contributed by atoms with Gasteiger partial charge in [-0.3, -0.25) is 19.0 Å². The summed E-state index contributed by atoms with van der Waals surface area (Å²) in [4.78, 5) is 51.1. The molecule has 1 aliphatic rings. The summed E-state index contributed by atoms with van der Waals surface area (Å²) in [7, 11) is 1.37. The Bertz CT molecular complexity index is 964. The molecule has 1 N–H and O–H groups in total. The van der Waals surface area contributed by atoms with Gasteiger partial charge in [0.25, 0.3) is 5.56 Å². The number of methoxy groups -OCH3 is 1. The standard InChI is InChI=1S/C19H22N2O5/c1-11(22)9-12-3-8-16-15(10-12)17(23)21(19(25)20-16)14-6-4-13(5-7-14)18(24)26-2/h3,8,10,13-14H,4-7,9H2,1-2H3,(H,20,25). The highest BCUT2D eigenvalue weighted by Gasteiger charge is 2.29. The number of rotatable bonds is 4. The highest BCUT2D eigenvalue weighted by atomic mass is 16.5. The normalized spacial score (nSPS) is 20.1. The number of hydrogen-bond donors (Lipinski definition) is 1. The van der Waals surface area contributed by atoms with E-state index >= 15 is 0 Å². The third-order valence-electron chi connectivity index (χ3n) is 5.04. The van der Waals surface area contributed by atoms with Crippen molar-refractivity contribution in [3.05, 3.63) is 44.6 Å². The Kier molecular flexibility index (Phi) is 5.06. The number of nitrogens with one attached hydrogen (secondary N) is 1. The zero-order valence-corrected chi connectivity index (χ0v) is 14.9. The molecule has 138 valence electrons. The van der Waals surface area contributed by atoms with Crippen LogP contribution in [0.5, 0.6) is 0 Å². The van der Waals surface area contributed by atoms with Crippen molar-refractivity contribution in [3.63, 3.8) is 0 Å². The van der Waals surface area contributed by atoms with Crippen LogP contribution < -0.4 is 11.2 Å². The number of nitrogens with zero attached hydrogens (tertiary/aromatic N) is 1. The van der Waals surface area contributed by atoms with Crippen LogP contribution in [0.2, 0.25) is 0 Å². The Hall–Kier alpha value is -2.70. The molecular weight excluding hydrogens is 336 g/mol. The van der Waals surface area contributed by atoms with Crippen molar-refractivity contribution in [2.75, 3.05) is 7.11 Å². The van der Waals surface area contributed by atoms with Gasteiger partial charge < -0.3 is 9.72 Å². The van der Waals surface area contributed by atoms with Gasteiger partial charge in [-0.2, -0.15) is 0 Å². The zero-order chi connectivity index (χ0) is 18.8. The second-order valence-corrected chi connectivity index (χ2v) is 6.89. The van der Waals surface area contributed by atoms with E-state index in [-0.39, 0.29) is 35.7 Å². The quantitative estimate of drug-likeness (QED) is 0.839. The van der Waals surface area contributed by atoms with Crippen molar-refractivity contribution in [1.82, 2.24) is 9.55 Å². The molecule has 0 saturated heterocycles. The third kappa shape index (κ3) is 3.47. The summed E-state index contributed by atoms with van der Waals surface area (Å²) < 4.78 is 6.03. The van der Waals surface area contributed by atoms with Gasteiger partial charge in [-0.05, 0) is 50.3 Å². The number of Topliss-reactive ketones (excluding diaryl/α,β-unsaturated/α-hetero) is 1. The number of carbonyl (C=O) groups is 2. The van der Waals surface area contributed by atoms with Gasteiger partial charge >= 0.3 is 11.7 Å². The van der Waals surface area contributed by atoms with Gasteiger partial charge in [0.1, 0.15) is 5.78 Å². The monoisotopic (exact) mass is 358 g/mol. The first-order valence-electron chi connectivity index (χ1n) is 8.75. The predicted molar refractivity (Wildman–Crippen MR) is 96.2 cm³/mol. The molecule has 0 amide bonds. The van der Waals surface area contributed by atoms with Crippen molar-refractivity contribution in [3.8, 4) is 0 Å². The fraction of sp³-hybridized carbons (Fsp3) is 0.474. The summed E-state index contributed by atoms with van der Waals surface area (Å²) in [6, 6.07) is 4.83. The molecule has 1 aromatic carbocycles. The molecule has 7 nitrogen and oxygen atoms in total. The molecule has 1 aromatic heterocycles. The molecule has 3 rings (SSSR count). The molecule has 0 atom stereocenters. The first-order valence-corrected chi connectivity index (χ1v) is 8.75. The van der Waals surface area contributed by atoms with E-state index in [0.29, 0.717) is 36.6 Å². The lowest BCUT2D eigenvalue weighted by Crippen LogP contribution is -2.40. The molecule has 0 unspecified atom stereocenters. The molecule has 0 aliphatic heterocycles. The van der Waals surface area contributed by atoms with Gasteiger partial charge in [-0.15, -0.1) is 0 Å². The molecule has 1 aliphatic carbocycles. The Morgan fingerprint density at radius 1 is 1.19 bits per heavy atom. The minimum atomic E-state index is -0.441. The van der Waals surface area contributed by atoms with E-state index in [4.69, 9.17) is 4.74 Å². The Labute approximate surface area is 150 Å². The smallest absolute Gasteiger partial charge is 0.329 e. The van der Waals surface area contributed by atoms with Crippen molar-refractivity contribution in [2.24, 2.45) is 5.92 Å². The Balaban J connectivity index is 1.96. The van der Waals surface area contributed by atoms with Gasteiger partial charge in [0.2, 0.25) is 0 Å². The number of benzene rings is 1. The predicted octanol–water partition coefficient (Wildman–Crippen LogP) is 1.73. The van der Waals surface area contributed by atoms with Crippen LogP contribution in [-0.2, 0) is 20.7 Å². The lowest BCUT2D eigenvalue weighted by molar-refractivity contribution is -0.146. The minimum Gasteiger partial charge on any atom is -0.469 e. The number of ketones is 1. The van der Waals surface area contributed by atoms with Crippen molar-refractivity contribution < 1.29 is 14.3 Å². The number of esters is 1. The SMILES string of the molecule is COC(=O)C1CCC(n2c(=O)[nH]c3ccc(CC(C)=O)cc3c2=O)CC1. The van der Waals surface area contributed by atoms with Crippen molar-refractivity contribution in [1.29, 1.82) is 0 Å². The molecule has 1 heterocycles. The third-order valence-corrected chi connectivity index (χ3v) is 5.04. The summed E-state index contributed by atoms with van der Waals surface area (Å²) in [6.45, 7) is 1.50. The van der Waals surface area contributed by atoms with E-state index in [1.165, 1.54) is 18.6 Å². The van der Waals surface area contributed by atoms with E-state index in [1.807, 2.05) is 0 Å². The number of ether oxygens (including phenoxy) is 1. The van der Waals surface area contributed by atoms with Gasteiger partial charge in [-0.25, -0.2) is 4.79 Å². The van der Waals surface area contributed by atoms with E-state index in [2.05, 4.69) is 4.98 Å². The maximum absolute atomic E-state index is 12.9. The summed E-state index contributed by atoms with van der Waals surface area (Å²) in [6.07, 6.45) is 2.57. The van der Waals surface area contributed by atoms with Crippen LogP contribution in [-0.4, -0.2) is 28.4 Å². The molecule has 0 spiro atoms. The van der Waals surface area contributed by atoms with Gasteiger partial charge in [-0.1, -0.05) is 6.07 Å². The first kappa shape index (κ1) is 18.1. The number of hydrogen-bond acceptors (Lipinski definition) is 5. The summed E-state index contributed by atoms with van der Waals surface area (Å²) >= 11 is 0. The van der Waals surface area contributed by atoms with Crippen LogP contribution in [0.25, 0.3) is 10.9 Å². The van der Waals surface area contributed by atoms with Crippen molar-refractivity contribution in [2.45, 2.75) is 45.1 Å². The van der Waals surface area contributed by atoms with Crippen LogP contribution in [0, 0.1) is 5.92 Å². The maximum Gasteiger partial charge on any atom is 0.329 e. The molecule has 7 heteroatoms. The van der Waals surface area contributed by atoms with E-state index in [1.54, 1.807) is 18.2 Å². The molecule has 26 heavy (non-hydrogen) atoms. The minimum absolute atomic E-state index is 0.00947. The summed E-state index contributed by atoms with van der Waals surface area (Å²) in [5.41, 5.74) is 0.418. The average Bonchev–Trinajstić information content (AvgIpc) is 2.62. The maximum atomic E-state index is 12.9. The zero-order valence-electron chi connectivity index (χ0n) is 14.9. The molecule has 2 aromatic rings. The number of aromatic amines is 1. The lowest BCUT2D eigenvalue weighted by atomic mass is 9.86. The largest absolute Gasteiger partial charge is 0.469 e. The fourth-order valence-electron chi connectivity index (χ4n) is 3.74. The van der Waals surface area contributed by atoms with Crippen LogP contribution in [0.15, 0.2) is 27.8 Å². The van der Waals surface area contributed by atoms with Crippen molar-refractivity contribution >= 4 is 22.7 Å². The Morgan fingerprint density at radius 2 is 1.88 bits per heavy atom. The second-order valence-electron chi connectivity index (χ2n) is 6.89. The van der Waals surface area contributed by atoms with Gasteiger partial charge in [0.15, 0.2) is 0 Å². The number of aromatic nitrogens is 2. The highest BCUT2D eigenvalue weighted by molar-refractivity contribution is 5.82. The highest BCUT2D eigenvalue weighted by Crippen LogP contribution is 2.31. The van der Waals surface area contributed by atoms with E-state index in [0.717, 1.165) is 5.56 Å². The van der Waals surface area contributed by atoms with E-state index < -0.39 is 5.69 Å². The van der Waals surface area contributed by atoms with Gasteiger partial charge in [0, 0.05) is 12.5 Å². The topological polar surface area (TPSA) is 98.2 Å². The van der Waals surface area contributed by atoms with Crippen LogP contribution in [0.4, 0.5) is 0 Å². The fourth-order valence-corrected chi connectivity index (χ4v) is 3.74. The average molecular weight is 358 g/mol. The van der Waals surface area contributed by atoms with Crippen LogP contribution in [0.1, 0.15) is 44.2 Å². The second kappa shape index (κ2) is 7.27. The van der Waals surface area contributed by atoms with E-state index in [9.17, 15) is 19.2 Å². The number of H-pyrrole nitrogens is 1. The summed E-state index contributed by atoms with van der Waals surface area (Å²) in [5.74, 6) is -0.402. The molecule has 0 radical (unpaired) electrons. The van der Waals surface area contributed by atoms with Crippen LogP contribution >= 0.6 is 0 Å². The van der Waals surface area contributed by atoms with Crippen LogP contribution in [0.3, 0.4) is 0 Å². The number of carbonyl (C=O) groups excluding carboxylic acids is 2.